The first-order chi connectivity index (χ1) is 6.74. The molecule has 0 nitrogen and oxygen atoms in total. The van der Waals surface area contributed by atoms with Gasteiger partial charge in [0.05, 0.1) is 0 Å². The molecule has 0 radical (unpaired) electrons. The number of allylic oxidation sites excluding steroid dienone is 2. The average Bonchev–Trinajstić information content (AvgIpc) is 2.19. The molecule has 0 spiro atoms. The summed E-state index contributed by atoms with van der Waals surface area (Å²) in [5, 5.41) is 0. The van der Waals surface area contributed by atoms with Gasteiger partial charge < -0.3 is 0 Å². The van der Waals surface area contributed by atoms with Crippen molar-refractivity contribution in [1.29, 1.82) is 0 Å². The topological polar surface area (TPSA) is 0 Å². The molecule has 0 unspecified atom stereocenters. The fourth-order valence-electron chi connectivity index (χ4n) is 1.49. The molecule has 76 valence electrons. The molecule has 0 N–H and O–H groups in total. The van der Waals surface area contributed by atoms with Gasteiger partial charge in [0.1, 0.15) is 0 Å². The molecule has 0 fully saturated rings. The minimum Gasteiger partial charge on any atom is -0.0917 e. The lowest BCUT2D eigenvalue weighted by atomic mass is 10.0. The van der Waals surface area contributed by atoms with Crippen LogP contribution in [0.3, 0.4) is 0 Å². The fraction of sp³-hybridized carbons (Fsp3) is 0.429. The SMILES string of the molecule is C/C=C/CCc1ccc(C(C)C)cc1. The van der Waals surface area contributed by atoms with E-state index in [9.17, 15) is 0 Å². The van der Waals surface area contributed by atoms with Crippen molar-refractivity contribution in [2.45, 2.75) is 39.5 Å². The van der Waals surface area contributed by atoms with Crippen LogP contribution in [0.25, 0.3) is 0 Å². The van der Waals surface area contributed by atoms with E-state index in [-0.39, 0.29) is 0 Å². The van der Waals surface area contributed by atoms with Crippen molar-refractivity contribution in [3.63, 3.8) is 0 Å². The Hall–Kier alpha value is -1.04. The first kappa shape index (κ1) is 11.0. The molecule has 0 saturated heterocycles. The average molecular weight is 188 g/mol. The van der Waals surface area contributed by atoms with Crippen LogP contribution in [-0.4, -0.2) is 0 Å². The van der Waals surface area contributed by atoms with Crippen molar-refractivity contribution in [1.82, 2.24) is 0 Å². The Labute approximate surface area is 87.7 Å². The van der Waals surface area contributed by atoms with E-state index in [1.54, 1.807) is 0 Å². The Balaban J connectivity index is 2.55. The van der Waals surface area contributed by atoms with Crippen molar-refractivity contribution < 1.29 is 0 Å². The van der Waals surface area contributed by atoms with E-state index >= 15 is 0 Å². The zero-order chi connectivity index (χ0) is 10.4. The molecular weight excluding hydrogens is 168 g/mol. The van der Waals surface area contributed by atoms with Gasteiger partial charge in [0.25, 0.3) is 0 Å². The number of benzene rings is 1. The molecule has 0 saturated carbocycles. The Bertz CT molecular complexity index is 277. The van der Waals surface area contributed by atoms with Crippen LogP contribution in [0.4, 0.5) is 0 Å². The van der Waals surface area contributed by atoms with E-state index in [0.717, 1.165) is 12.8 Å². The summed E-state index contributed by atoms with van der Waals surface area (Å²) in [6, 6.07) is 8.99. The third kappa shape index (κ3) is 3.37. The summed E-state index contributed by atoms with van der Waals surface area (Å²) in [6.45, 7) is 6.53. The van der Waals surface area contributed by atoms with E-state index in [4.69, 9.17) is 0 Å². The van der Waals surface area contributed by atoms with E-state index < -0.39 is 0 Å². The van der Waals surface area contributed by atoms with Gasteiger partial charge >= 0.3 is 0 Å². The predicted octanol–water partition coefficient (Wildman–Crippen LogP) is 4.32. The van der Waals surface area contributed by atoms with Crippen LogP contribution in [-0.2, 0) is 6.42 Å². The Morgan fingerprint density at radius 1 is 1.14 bits per heavy atom. The van der Waals surface area contributed by atoms with Gasteiger partial charge in [-0.1, -0.05) is 50.3 Å². The van der Waals surface area contributed by atoms with Gasteiger partial charge in [-0.25, -0.2) is 0 Å². The first-order valence-electron chi connectivity index (χ1n) is 5.44. The summed E-state index contributed by atoms with van der Waals surface area (Å²) in [4.78, 5) is 0. The molecule has 0 bridgehead atoms. The third-order valence-corrected chi connectivity index (χ3v) is 2.48. The van der Waals surface area contributed by atoms with Gasteiger partial charge in [-0.2, -0.15) is 0 Å². The summed E-state index contributed by atoms with van der Waals surface area (Å²) in [6.07, 6.45) is 6.64. The molecule has 0 atom stereocenters. The second-order valence-electron chi connectivity index (χ2n) is 4.00. The number of aryl methyl sites for hydroxylation is 1. The minimum atomic E-state index is 0.639. The zero-order valence-electron chi connectivity index (χ0n) is 9.46. The highest BCUT2D eigenvalue weighted by Crippen LogP contribution is 2.15. The molecule has 0 heterocycles. The van der Waals surface area contributed by atoms with Crippen LogP contribution in [0.1, 0.15) is 44.2 Å². The highest BCUT2D eigenvalue weighted by atomic mass is 14.0. The van der Waals surface area contributed by atoms with Gasteiger partial charge in [0.2, 0.25) is 0 Å². The molecule has 0 aliphatic carbocycles. The molecule has 1 rings (SSSR count). The van der Waals surface area contributed by atoms with Gasteiger partial charge in [-0.15, -0.1) is 0 Å². The smallest absolute Gasteiger partial charge is 0.0219 e. The molecule has 0 aliphatic heterocycles. The third-order valence-electron chi connectivity index (χ3n) is 2.48. The molecule has 0 aliphatic rings. The zero-order valence-corrected chi connectivity index (χ0v) is 9.46. The van der Waals surface area contributed by atoms with Crippen molar-refractivity contribution in [3.8, 4) is 0 Å². The van der Waals surface area contributed by atoms with E-state index in [0.29, 0.717) is 5.92 Å². The van der Waals surface area contributed by atoms with Gasteiger partial charge in [-0.3, -0.25) is 0 Å². The van der Waals surface area contributed by atoms with Crippen molar-refractivity contribution in [2.75, 3.05) is 0 Å². The second-order valence-corrected chi connectivity index (χ2v) is 4.00. The van der Waals surface area contributed by atoms with Gasteiger partial charge in [0, 0.05) is 0 Å². The van der Waals surface area contributed by atoms with Crippen LogP contribution in [0.2, 0.25) is 0 Å². The molecular formula is C14H20. The lowest BCUT2D eigenvalue weighted by molar-refractivity contribution is 0.863. The monoisotopic (exact) mass is 188 g/mol. The van der Waals surface area contributed by atoms with Crippen molar-refractivity contribution >= 4 is 0 Å². The molecule has 1 aromatic carbocycles. The van der Waals surface area contributed by atoms with E-state index in [2.05, 4.69) is 57.2 Å². The second kappa shape index (κ2) is 5.64. The lowest BCUT2D eigenvalue weighted by Gasteiger charge is -2.05. The van der Waals surface area contributed by atoms with Crippen molar-refractivity contribution in [2.24, 2.45) is 0 Å². The number of rotatable bonds is 4. The van der Waals surface area contributed by atoms with E-state index in [1.807, 2.05) is 0 Å². The molecule has 0 amide bonds. The Kier molecular flexibility index (Phi) is 4.45. The molecule has 0 heteroatoms. The van der Waals surface area contributed by atoms with Gasteiger partial charge in [-0.05, 0) is 36.8 Å². The first-order valence-corrected chi connectivity index (χ1v) is 5.44. The Morgan fingerprint density at radius 2 is 1.79 bits per heavy atom. The van der Waals surface area contributed by atoms with Crippen LogP contribution >= 0.6 is 0 Å². The maximum absolute atomic E-state index is 2.25. The van der Waals surface area contributed by atoms with Crippen LogP contribution < -0.4 is 0 Å². The number of hydrogen-bond acceptors (Lipinski definition) is 0. The maximum Gasteiger partial charge on any atom is -0.0219 e. The lowest BCUT2D eigenvalue weighted by Crippen LogP contribution is -1.88. The minimum absolute atomic E-state index is 0.639. The highest BCUT2D eigenvalue weighted by molar-refractivity contribution is 5.24. The Morgan fingerprint density at radius 3 is 2.29 bits per heavy atom. The largest absolute Gasteiger partial charge is 0.0917 e. The molecule has 14 heavy (non-hydrogen) atoms. The number of hydrogen-bond donors (Lipinski definition) is 0. The summed E-state index contributed by atoms with van der Waals surface area (Å²) in [5.74, 6) is 0.639. The summed E-state index contributed by atoms with van der Waals surface area (Å²) in [5.41, 5.74) is 2.87. The standard InChI is InChI=1S/C14H20/c1-4-5-6-7-13-8-10-14(11-9-13)12(2)3/h4-5,8-12H,6-7H2,1-3H3/b5-4+. The summed E-state index contributed by atoms with van der Waals surface area (Å²) < 4.78 is 0. The van der Waals surface area contributed by atoms with Crippen LogP contribution in [0.15, 0.2) is 36.4 Å². The summed E-state index contributed by atoms with van der Waals surface area (Å²) in [7, 11) is 0. The summed E-state index contributed by atoms with van der Waals surface area (Å²) >= 11 is 0. The highest BCUT2D eigenvalue weighted by Gasteiger charge is 1.97. The molecule has 1 aromatic rings. The molecule has 0 aromatic heterocycles. The van der Waals surface area contributed by atoms with Crippen molar-refractivity contribution in [3.05, 3.63) is 47.5 Å². The van der Waals surface area contributed by atoms with Crippen LogP contribution in [0, 0.1) is 0 Å². The van der Waals surface area contributed by atoms with E-state index in [1.165, 1.54) is 11.1 Å². The van der Waals surface area contributed by atoms with Gasteiger partial charge in [0.15, 0.2) is 0 Å². The quantitative estimate of drug-likeness (QED) is 0.617. The van der Waals surface area contributed by atoms with Crippen LogP contribution in [0.5, 0.6) is 0 Å². The predicted molar refractivity (Wildman–Crippen MR) is 63.7 cm³/mol. The fourth-order valence-corrected chi connectivity index (χ4v) is 1.49. The maximum atomic E-state index is 2.25. The normalized spacial score (nSPS) is 11.4.